The van der Waals surface area contributed by atoms with Gasteiger partial charge in [0, 0.05) is 11.9 Å². The van der Waals surface area contributed by atoms with E-state index in [1.165, 1.54) is 0 Å². The Hall–Kier alpha value is -0.566. The SMILES string of the molecule is O=C([O-])CCCC(=O)[O-].[Ni+2]. The Morgan fingerprint density at radius 1 is 1.00 bits per heavy atom. The van der Waals surface area contributed by atoms with Crippen molar-refractivity contribution < 1.29 is 36.3 Å². The summed E-state index contributed by atoms with van der Waals surface area (Å²) in [7, 11) is 0. The molecule has 60 valence electrons. The first-order valence-electron chi connectivity index (χ1n) is 2.52. The van der Waals surface area contributed by atoms with Crippen molar-refractivity contribution in [3.8, 4) is 0 Å². The summed E-state index contributed by atoms with van der Waals surface area (Å²) >= 11 is 0. The van der Waals surface area contributed by atoms with Gasteiger partial charge in [-0.15, -0.1) is 0 Å². The van der Waals surface area contributed by atoms with Crippen molar-refractivity contribution in [3.63, 3.8) is 0 Å². The summed E-state index contributed by atoms with van der Waals surface area (Å²) in [6, 6.07) is 0. The number of carbonyl (C=O) groups excluding carboxylic acids is 2. The summed E-state index contributed by atoms with van der Waals surface area (Å²) in [4.78, 5) is 19.3. The second-order valence-corrected chi connectivity index (χ2v) is 1.60. The van der Waals surface area contributed by atoms with E-state index in [-0.39, 0.29) is 35.8 Å². The van der Waals surface area contributed by atoms with Gasteiger partial charge in [-0.05, 0) is 19.3 Å². The third-order valence-electron chi connectivity index (χ3n) is 0.762. The molecular weight excluding hydrogens is 183 g/mol. The van der Waals surface area contributed by atoms with E-state index in [0.29, 0.717) is 0 Å². The Labute approximate surface area is 68.2 Å². The number of carboxylic acid groups (broad SMARTS) is 2. The number of aliphatic carboxylic acids is 2. The van der Waals surface area contributed by atoms with Crippen molar-refractivity contribution in [2.24, 2.45) is 0 Å². The van der Waals surface area contributed by atoms with Gasteiger partial charge in [0.2, 0.25) is 0 Å². The van der Waals surface area contributed by atoms with Crippen LogP contribution in [0.25, 0.3) is 0 Å². The molecule has 0 rings (SSSR count). The first kappa shape index (κ1) is 12.1. The van der Waals surface area contributed by atoms with Crippen LogP contribution in [-0.4, -0.2) is 11.9 Å². The molecule has 0 atom stereocenters. The summed E-state index contributed by atoms with van der Waals surface area (Å²) in [5.41, 5.74) is 0. The average molecular weight is 189 g/mol. The van der Waals surface area contributed by atoms with Crippen LogP contribution in [0.2, 0.25) is 0 Å². The molecule has 0 spiro atoms. The van der Waals surface area contributed by atoms with E-state index in [1.54, 1.807) is 0 Å². The maximum Gasteiger partial charge on any atom is 2.00 e. The molecule has 0 aromatic rings. The first-order valence-corrected chi connectivity index (χ1v) is 2.52. The van der Waals surface area contributed by atoms with E-state index in [1.807, 2.05) is 0 Å². The minimum atomic E-state index is -1.23. The summed E-state index contributed by atoms with van der Waals surface area (Å²) in [5, 5.41) is 19.3. The molecule has 0 heterocycles. The Kier molecular flexibility index (Phi) is 7.96. The number of rotatable bonds is 4. The zero-order chi connectivity index (χ0) is 7.28. The quantitative estimate of drug-likeness (QED) is 0.463. The van der Waals surface area contributed by atoms with Crippen LogP contribution < -0.4 is 10.2 Å². The molecule has 0 fully saturated rings. The Balaban J connectivity index is 0. The first-order chi connectivity index (χ1) is 4.13. The maximum atomic E-state index is 9.66. The van der Waals surface area contributed by atoms with Crippen molar-refractivity contribution in [1.29, 1.82) is 0 Å². The van der Waals surface area contributed by atoms with E-state index in [9.17, 15) is 19.8 Å². The summed E-state index contributed by atoms with van der Waals surface area (Å²) in [5.74, 6) is -2.45. The van der Waals surface area contributed by atoms with Crippen molar-refractivity contribution in [2.75, 3.05) is 0 Å². The second-order valence-electron chi connectivity index (χ2n) is 1.60. The molecule has 0 unspecified atom stereocenters. The van der Waals surface area contributed by atoms with E-state index >= 15 is 0 Å². The molecule has 0 radical (unpaired) electrons. The largest absolute Gasteiger partial charge is 2.00 e. The number of carboxylic acids is 2. The third-order valence-corrected chi connectivity index (χ3v) is 0.762. The zero-order valence-electron chi connectivity index (χ0n) is 5.07. The number of hydrogen-bond donors (Lipinski definition) is 0. The fraction of sp³-hybridized carbons (Fsp3) is 0.600. The topological polar surface area (TPSA) is 80.3 Å². The molecule has 4 nitrogen and oxygen atoms in total. The molecule has 0 aliphatic carbocycles. The predicted octanol–water partition coefficient (Wildman–Crippen LogP) is -2.35. The third kappa shape index (κ3) is 10.4. The summed E-state index contributed by atoms with van der Waals surface area (Å²) in [6.07, 6.45) is -0.341. The smallest absolute Gasteiger partial charge is 0.550 e. The molecule has 0 saturated carbocycles. The Morgan fingerprint density at radius 2 is 1.30 bits per heavy atom. The van der Waals surface area contributed by atoms with Gasteiger partial charge in [0.1, 0.15) is 0 Å². The van der Waals surface area contributed by atoms with Crippen LogP contribution in [0.3, 0.4) is 0 Å². The Morgan fingerprint density at radius 3 is 1.50 bits per heavy atom. The molecule has 10 heavy (non-hydrogen) atoms. The van der Waals surface area contributed by atoms with Crippen LogP contribution in [0.4, 0.5) is 0 Å². The monoisotopic (exact) mass is 188 g/mol. The van der Waals surface area contributed by atoms with Gasteiger partial charge in [-0.3, -0.25) is 0 Å². The van der Waals surface area contributed by atoms with Gasteiger partial charge in [0.15, 0.2) is 0 Å². The van der Waals surface area contributed by atoms with Gasteiger partial charge in [0.25, 0.3) is 0 Å². The fourth-order valence-corrected chi connectivity index (χ4v) is 0.377. The molecule has 0 N–H and O–H groups in total. The van der Waals surface area contributed by atoms with E-state index in [4.69, 9.17) is 0 Å². The summed E-state index contributed by atoms with van der Waals surface area (Å²) in [6.45, 7) is 0. The van der Waals surface area contributed by atoms with Crippen LogP contribution in [-0.2, 0) is 26.1 Å². The molecular formula is C5H6NiO4. The van der Waals surface area contributed by atoms with Crippen molar-refractivity contribution >= 4 is 11.9 Å². The summed E-state index contributed by atoms with van der Waals surface area (Å²) < 4.78 is 0. The predicted molar refractivity (Wildman–Crippen MR) is 23.9 cm³/mol. The van der Waals surface area contributed by atoms with Gasteiger partial charge < -0.3 is 19.8 Å². The van der Waals surface area contributed by atoms with Gasteiger partial charge >= 0.3 is 16.5 Å². The van der Waals surface area contributed by atoms with Crippen LogP contribution in [0, 0.1) is 0 Å². The Bertz CT molecular complexity index is 109. The van der Waals surface area contributed by atoms with Crippen LogP contribution in [0.5, 0.6) is 0 Å². The normalized spacial score (nSPS) is 8.00. The average Bonchev–Trinajstić information content (AvgIpc) is 1.63. The molecule has 0 saturated heterocycles. The number of carbonyl (C=O) groups is 2. The molecule has 0 bridgehead atoms. The van der Waals surface area contributed by atoms with Crippen molar-refractivity contribution in [1.82, 2.24) is 0 Å². The maximum absolute atomic E-state index is 9.66. The zero-order valence-corrected chi connectivity index (χ0v) is 6.06. The van der Waals surface area contributed by atoms with Crippen molar-refractivity contribution in [3.05, 3.63) is 0 Å². The molecule has 0 aliphatic heterocycles. The van der Waals surface area contributed by atoms with Crippen molar-refractivity contribution in [2.45, 2.75) is 19.3 Å². The van der Waals surface area contributed by atoms with E-state index in [0.717, 1.165) is 0 Å². The van der Waals surface area contributed by atoms with Gasteiger partial charge in [0.05, 0.1) is 0 Å². The van der Waals surface area contributed by atoms with Crippen LogP contribution >= 0.6 is 0 Å². The van der Waals surface area contributed by atoms with E-state index < -0.39 is 11.9 Å². The van der Waals surface area contributed by atoms with Gasteiger partial charge in [-0.2, -0.15) is 0 Å². The number of hydrogen-bond acceptors (Lipinski definition) is 4. The molecule has 0 aliphatic rings. The second kappa shape index (κ2) is 6.55. The fourth-order valence-electron chi connectivity index (χ4n) is 0.377. The van der Waals surface area contributed by atoms with E-state index in [2.05, 4.69) is 0 Å². The van der Waals surface area contributed by atoms with Gasteiger partial charge in [-0.1, -0.05) is 0 Å². The molecule has 0 aromatic carbocycles. The standard InChI is InChI=1S/C5H8O4.Ni/c6-4(7)2-1-3-5(8)9;/h1-3H2,(H,6,7)(H,8,9);/q;+2/p-2. The molecule has 0 amide bonds. The minimum absolute atomic E-state index is 0. The minimum Gasteiger partial charge on any atom is -0.550 e. The van der Waals surface area contributed by atoms with Crippen LogP contribution in [0.1, 0.15) is 19.3 Å². The van der Waals surface area contributed by atoms with Gasteiger partial charge in [-0.25, -0.2) is 0 Å². The molecule has 0 aromatic heterocycles. The van der Waals surface area contributed by atoms with Crippen LogP contribution in [0.15, 0.2) is 0 Å². The molecule has 5 heteroatoms.